The van der Waals surface area contributed by atoms with Gasteiger partial charge in [0.15, 0.2) is 0 Å². The molecule has 20 heavy (non-hydrogen) atoms. The second-order valence-corrected chi connectivity index (χ2v) is 5.79. The molecular weight excluding hydrogens is 339 g/mol. The molecule has 0 fully saturated rings. The van der Waals surface area contributed by atoms with Gasteiger partial charge in [0.05, 0.1) is 0 Å². The van der Waals surface area contributed by atoms with E-state index in [1.165, 1.54) is 22.3 Å². The molecule has 0 amide bonds. The summed E-state index contributed by atoms with van der Waals surface area (Å²) in [4.78, 5) is 0. The third kappa shape index (κ3) is 16.5. The average molecular weight is 366 g/mol. The van der Waals surface area contributed by atoms with Gasteiger partial charge in [-0.1, -0.05) is 40.8 Å². The monoisotopic (exact) mass is 365 g/mol. The second-order valence-electron chi connectivity index (χ2n) is 4.63. The molecule has 0 aromatic rings. The van der Waals surface area contributed by atoms with Gasteiger partial charge in [0.1, 0.15) is 0 Å². The van der Waals surface area contributed by atoms with Crippen LogP contribution in [0.1, 0.15) is 40.5 Å². The van der Waals surface area contributed by atoms with Gasteiger partial charge >= 0.3 is 21.7 Å². The van der Waals surface area contributed by atoms with Crippen LogP contribution in [0.15, 0.2) is 34.4 Å². The van der Waals surface area contributed by atoms with Crippen LogP contribution in [-0.2, 0) is 21.7 Å². The van der Waals surface area contributed by atoms with Crippen LogP contribution < -0.4 is 0 Å². The predicted octanol–water partition coefficient (Wildman–Crippen LogP) is 5.53. The summed E-state index contributed by atoms with van der Waals surface area (Å²) in [5, 5.41) is 0. The van der Waals surface area contributed by atoms with Crippen molar-refractivity contribution in [3.05, 3.63) is 46.6 Å². The molecule has 0 saturated heterocycles. The normalized spacial score (nSPS) is 14.3. The van der Waals surface area contributed by atoms with E-state index >= 15 is 0 Å². The van der Waals surface area contributed by atoms with Gasteiger partial charge < -0.3 is 0 Å². The van der Waals surface area contributed by atoms with Crippen LogP contribution in [-0.4, -0.2) is 9.52 Å². The first-order valence-corrected chi connectivity index (χ1v) is 8.53. The van der Waals surface area contributed by atoms with E-state index in [2.05, 4.69) is 65.1 Å². The molecule has 0 saturated carbocycles. The molecule has 0 N–H and O–H groups in total. The summed E-state index contributed by atoms with van der Waals surface area (Å²) in [6, 6.07) is 0. The van der Waals surface area contributed by atoms with Crippen molar-refractivity contribution in [3.63, 3.8) is 0 Å². The maximum atomic E-state index is 3.19. The van der Waals surface area contributed by atoms with Crippen LogP contribution in [0.25, 0.3) is 0 Å². The minimum absolute atomic E-state index is 0. The first kappa shape index (κ1) is 28.6. The largest absolute Gasteiger partial charge is 2.00 e. The Kier molecular flexibility index (Phi) is 25.1. The van der Waals surface area contributed by atoms with Gasteiger partial charge in [-0.25, -0.2) is 23.3 Å². The van der Waals surface area contributed by atoms with Gasteiger partial charge in [-0.3, -0.25) is 12.2 Å². The molecule has 0 aliphatic heterocycles. The molecule has 0 nitrogen and oxygen atoms in total. The number of hydrogen-bond donors (Lipinski definition) is 0. The summed E-state index contributed by atoms with van der Waals surface area (Å²) in [5.41, 5.74) is 5.44. The Morgan fingerprint density at radius 3 is 1.10 bits per heavy atom. The number of hydrogen-bond acceptors (Lipinski definition) is 0. The summed E-state index contributed by atoms with van der Waals surface area (Å²) in [6.07, 6.45) is 12.8. The van der Waals surface area contributed by atoms with E-state index in [9.17, 15) is 0 Å². The minimum atomic E-state index is 0. The SMILES string of the molecule is CC1=[C-]CC(C)=C1.CC1=[C-]CC(C)=C1.C[SiH]C.Cl.Cl.[Ti+2]. The van der Waals surface area contributed by atoms with Crippen LogP contribution in [0.5, 0.6) is 0 Å². The average Bonchev–Trinajstić information content (AvgIpc) is 2.78. The van der Waals surface area contributed by atoms with Gasteiger partial charge in [0.25, 0.3) is 0 Å². The molecule has 0 spiro atoms. The molecule has 2 aliphatic rings. The summed E-state index contributed by atoms with van der Waals surface area (Å²) < 4.78 is 0. The Balaban J connectivity index is -0.0000000956. The fourth-order valence-electron chi connectivity index (χ4n) is 1.50. The summed E-state index contributed by atoms with van der Waals surface area (Å²) in [6.45, 7) is 12.8. The van der Waals surface area contributed by atoms with E-state index in [4.69, 9.17) is 0 Å². The molecular formula is C16H27Cl2SiTi. The van der Waals surface area contributed by atoms with E-state index in [0.717, 1.165) is 22.4 Å². The number of halogens is 2. The van der Waals surface area contributed by atoms with Gasteiger partial charge in [-0.05, 0) is 0 Å². The molecule has 0 aromatic heterocycles. The van der Waals surface area contributed by atoms with E-state index in [1.807, 2.05) is 0 Å². The van der Waals surface area contributed by atoms with Gasteiger partial charge in [-0.2, -0.15) is 11.1 Å². The zero-order valence-corrected chi connectivity index (χ0v) is 17.8. The number of allylic oxidation sites excluding steroid dienone is 8. The maximum absolute atomic E-state index is 3.19. The Hall–Kier alpha value is 0.471. The van der Waals surface area contributed by atoms with E-state index < -0.39 is 0 Å². The van der Waals surface area contributed by atoms with Gasteiger partial charge in [0, 0.05) is 9.52 Å². The fourth-order valence-corrected chi connectivity index (χ4v) is 1.50. The maximum Gasteiger partial charge on any atom is 2.00 e. The van der Waals surface area contributed by atoms with Crippen molar-refractivity contribution < 1.29 is 21.7 Å². The number of rotatable bonds is 0. The van der Waals surface area contributed by atoms with Crippen molar-refractivity contribution in [1.29, 1.82) is 0 Å². The molecule has 4 heteroatoms. The third-order valence-corrected chi connectivity index (χ3v) is 2.22. The standard InChI is InChI=1S/2C7H9.C2H7Si.2ClH.Ti/c2*1-6-3-4-7(2)5-6;1-3-2;;;/h2*5H,3H2,1-2H3;3H,1-2H3;2*1H;/q2*-1;;;;+2. The minimum Gasteiger partial charge on any atom is -0.270 e. The topological polar surface area (TPSA) is 0 Å². The Bertz CT molecular complexity index is 321. The molecule has 1 radical (unpaired) electrons. The molecule has 2 aliphatic carbocycles. The summed E-state index contributed by atoms with van der Waals surface area (Å²) in [7, 11) is 0.750. The van der Waals surface area contributed by atoms with Crippen LogP contribution in [0.4, 0.5) is 0 Å². The first-order chi connectivity index (χ1) is 7.99. The zero-order chi connectivity index (χ0) is 13.3. The van der Waals surface area contributed by atoms with Crippen LogP contribution in [0.2, 0.25) is 13.1 Å². The Labute approximate surface area is 155 Å². The quantitative estimate of drug-likeness (QED) is 0.391. The van der Waals surface area contributed by atoms with Crippen LogP contribution in [0, 0.1) is 12.2 Å². The van der Waals surface area contributed by atoms with Gasteiger partial charge in [0.2, 0.25) is 0 Å². The summed E-state index contributed by atoms with van der Waals surface area (Å²) >= 11 is 0. The van der Waals surface area contributed by atoms with Crippen molar-refractivity contribution in [2.24, 2.45) is 0 Å². The van der Waals surface area contributed by atoms with Crippen molar-refractivity contribution >= 4 is 34.3 Å². The molecule has 113 valence electrons. The smallest absolute Gasteiger partial charge is 0.270 e. The van der Waals surface area contributed by atoms with Crippen LogP contribution >= 0.6 is 24.8 Å². The van der Waals surface area contributed by atoms with E-state index in [1.54, 1.807) is 0 Å². The third-order valence-electron chi connectivity index (χ3n) is 2.22. The van der Waals surface area contributed by atoms with Crippen molar-refractivity contribution in [3.8, 4) is 0 Å². The van der Waals surface area contributed by atoms with Crippen LogP contribution in [0.3, 0.4) is 0 Å². The Morgan fingerprint density at radius 2 is 1.05 bits per heavy atom. The fraction of sp³-hybridized carbons (Fsp3) is 0.500. The molecule has 0 unspecified atom stereocenters. The molecule has 0 bridgehead atoms. The zero-order valence-electron chi connectivity index (χ0n) is 13.5. The van der Waals surface area contributed by atoms with Crippen molar-refractivity contribution in [1.82, 2.24) is 0 Å². The summed E-state index contributed by atoms with van der Waals surface area (Å²) in [5.74, 6) is 0. The van der Waals surface area contributed by atoms with E-state index in [-0.39, 0.29) is 46.5 Å². The van der Waals surface area contributed by atoms with Crippen molar-refractivity contribution in [2.75, 3.05) is 0 Å². The molecule has 0 aromatic carbocycles. The first-order valence-electron chi connectivity index (χ1n) is 6.22. The molecule has 0 atom stereocenters. The Morgan fingerprint density at radius 1 is 0.800 bits per heavy atom. The van der Waals surface area contributed by atoms with E-state index in [0.29, 0.717) is 0 Å². The predicted molar refractivity (Wildman–Crippen MR) is 95.0 cm³/mol. The molecule has 0 heterocycles. The second kappa shape index (κ2) is 17.5. The van der Waals surface area contributed by atoms with Crippen molar-refractivity contribution in [2.45, 2.75) is 53.6 Å². The molecule has 2 rings (SSSR count). The van der Waals surface area contributed by atoms with Gasteiger partial charge in [-0.15, -0.1) is 37.7 Å².